The van der Waals surface area contributed by atoms with E-state index in [2.05, 4.69) is 5.32 Å². The van der Waals surface area contributed by atoms with Crippen LogP contribution in [0.2, 0.25) is 6.32 Å². The summed E-state index contributed by atoms with van der Waals surface area (Å²) in [5, 5.41) is 3.16. The van der Waals surface area contributed by atoms with E-state index in [0.29, 0.717) is 13.1 Å². The van der Waals surface area contributed by atoms with Crippen LogP contribution in [0.15, 0.2) is 0 Å². The number of unbranched alkanes of at least 4 members (excludes halogenated alkanes) is 1. The Morgan fingerprint density at radius 3 is 2.50 bits per heavy atom. The SMILES string of the molecule is [B]CC(=O)N(CC(C)=O)C[C@H](CCCCN)NC. The van der Waals surface area contributed by atoms with Crippen LogP contribution in [0.25, 0.3) is 0 Å². The van der Waals surface area contributed by atoms with Crippen LogP contribution in [0.1, 0.15) is 26.2 Å². The molecule has 0 spiro atoms. The van der Waals surface area contributed by atoms with Crippen molar-refractivity contribution in [2.45, 2.75) is 38.5 Å². The molecule has 0 aromatic heterocycles. The second-order valence-corrected chi connectivity index (χ2v) is 4.45. The first-order valence-corrected chi connectivity index (χ1v) is 6.39. The van der Waals surface area contributed by atoms with E-state index in [1.165, 1.54) is 11.8 Å². The van der Waals surface area contributed by atoms with Crippen molar-refractivity contribution in [3.63, 3.8) is 0 Å². The van der Waals surface area contributed by atoms with E-state index in [0.717, 1.165) is 19.3 Å². The van der Waals surface area contributed by atoms with E-state index in [1.54, 1.807) is 0 Å². The highest BCUT2D eigenvalue weighted by atomic mass is 16.2. The number of rotatable bonds is 10. The van der Waals surface area contributed by atoms with Gasteiger partial charge < -0.3 is 16.0 Å². The van der Waals surface area contributed by atoms with Crippen LogP contribution in [0.5, 0.6) is 0 Å². The number of hydrogen-bond acceptors (Lipinski definition) is 4. The molecule has 1 atom stereocenters. The van der Waals surface area contributed by atoms with E-state index in [4.69, 9.17) is 13.6 Å². The van der Waals surface area contributed by atoms with Gasteiger partial charge in [0.05, 0.1) is 14.4 Å². The maximum Gasteiger partial charge on any atom is 0.214 e. The predicted octanol–water partition coefficient (Wildman–Crippen LogP) is -0.292. The Morgan fingerprint density at radius 1 is 1.39 bits per heavy atom. The van der Waals surface area contributed by atoms with Crippen LogP contribution in [-0.2, 0) is 9.59 Å². The minimum atomic E-state index is -0.190. The van der Waals surface area contributed by atoms with Crippen LogP contribution < -0.4 is 11.1 Å². The van der Waals surface area contributed by atoms with Crippen LogP contribution in [-0.4, -0.2) is 57.2 Å². The van der Waals surface area contributed by atoms with Gasteiger partial charge in [0.15, 0.2) is 0 Å². The van der Waals surface area contributed by atoms with E-state index in [9.17, 15) is 9.59 Å². The highest BCUT2D eigenvalue weighted by molar-refractivity contribution is 6.19. The molecule has 0 aromatic rings. The minimum Gasteiger partial charge on any atom is -0.334 e. The van der Waals surface area contributed by atoms with E-state index >= 15 is 0 Å². The average molecular weight is 253 g/mol. The lowest BCUT2D eigenvalue weighted by molar-refractivity contribution is -0.133. The molecule has 0 fully saturated rings. The van der Waals surface area contributed by atoms with Crippen LogP contribution in [0.3, 0.4) is 0 Å². The van der Waals surface area contributed by atoms with Crippen molar-refractivity contribution < 1.29 is 9.59 Å². The fourth-order valence-electron chi connectivity index (χ4n) is 1.78. The molecular formula is C12H24BN3O2. The lowest BCUT2D eigenvalue weighted by Crippen LogP contribution is -2.44. The zero-order valence-corrected chi connectivity index (χ0v) is 11.4. The number of carbonyl (C=O) groups is 2. The molecule has 1 amide bonds. The van der Waals surface area contributed by atoms with Gasteiger partial charge in [-0.3, -0.25) is 9.59 Å². The molecule has 0 saturated heterocycles. The zero-order valence-electron chi connectivity index (χ0n) is 11.4. The van der Waals surface area contributed by atoms with Crippen molar-refractivity contribution >= 4 is 19.5 Å². The van der Waals surface area contributed by atoms with Crippen molar-refractivity contribution in [1.29, 1.82) is 0 Å². The Balaban J connectivity index is 4.32. The summed E-state index contributed by atoms with van der Waals surface area (Å²) in [5.74, 6) is -0.224. The first-order chi connectivity index (χ1) is 8.54. The van der Waals surface area contributed by atoms with Gasteiger partial charge in [0.1, 0.15) is 5.78 Å². The first kappa shape index (κ1) is 17.1. The summed E-state index contributed by atoms with van der Waals surface area (Å²) < 4.78 is 0. The molecule has 0 rings (SSSR count). The summed E-state index contributed by atoms with van der Waals surface area (Å²) in [5.41, 5.74) is 5.45. The van der Waals surface area contributed by atoms with E-state index < -0.39 is 0 Å². The van der Waals surface area contributed by atoms with Gasteiger partial charge in [-0.25, -0.2) is 0 Å². The number of amides is 1. The number of Topliss-reactive ketones (excluding diaryl/α,β-unsaturated/α-hetero) is 1. The molecule has 18 heavy (non-hydrogen) atoms. The first-order valence-electron chi connectivity index (χ1n) is 6.39. The third kappa shape index (κ3) is 7.45. The van der Waals surface area contributed by atoms with Crippen molar-refractivity contribution in [1.82, 2.24) is 10.2 Å². The Bertz CT molecular complexity index is 262. The lowest BCUT2D eigenvalue weighted by atomic mass is 10.0. The summed E-state index contributed by atoms with van der Waals surface area (Å²) in [6.07, 6.45) is 2.84. The second kappa shape index (κ2) is 10.1. The maximum absolute atomic E-state index is 11.6. The van der Waals surface area contributed by atoms with E-state index in [1.807, 2.05) is 7.05 Å². The topological polar surface area (TPSA) is 75.4 Å². The molecule has 0 saturated carbocycles. The van der Waals surface area contributed by atoms with Crippen molar-refractivity contribution in [2.75, 3.05) is 26.7 Å². The number of ketones is 1. The Labute approximate surface area is 111 Å². The van der Waals surface area contributed by atoms with Gasteiger partial charge >= 0.3 is 0 Å². The van der Waals surface area contributed by atoms with Gasteiger partial charge in [0, 0.05) is 12.6 Å². The van der Waals surface area contributed by atoms with Crippen LogP contribution in [0, 0.1) is 0 Å². The third-order valence-corrected chi connectivity index (χ3v) is 2.80. The summed E-state index contributed by atoms with van der Waals surface area (Å²) in [7, 11) is 7.20. The molecule has 0 aliphatic heterocycles. The minimum absolute atomic E-state index is 0.0337. The van der Waals surface area contributed by atoms with Gasteiger partial charge in [-0.05, 0) is 39.7 Å². The molecule has 0 aromatic carbocycles. The molecule has 0 heterocycles. The number of likely N-dealkylation sites (N-methyl/N-ethyl adjacent to an activating group) is 1. The van der Waals surface area contributed by atoms with Gasteiger partial charge in [-0.15, -0.1) is 0 Å². The highest BCUT2D eigenvalue weighted by Crippen LogP contribution is 2.04. The zero-order chi connectivity index (χ0) is 14.0. The number of hydrogen-bond donors (Lipinski definition) is 2. The van der Waals surface area contributed by atoms with Crippen LogP contribution >= 0.6 is 0 Å². The lowest BCUT2D eigenvalue weighted by Gasteiger charge is -2.26. The quantitative estimate of drug-likeness (QED) is 0.414. The second-order valence-electron chi connectivity index (χ2n) is 4.45. The molecule has 5 nitrogen and oxygen atoms in total. The summed E-state index contributed by atoms with van der Waals surface area (Å²) in [6, 6.07) is 0.173. The summed E-state index contributed by atoms with van der Waals surface area (Å²) in [4.78, 5) is 24.3. The molecule has 0 unspecified atom stereocenters. The molecule has 0 aliphatic carbocycles. The van der Waals surface area contributed by atoms with Gasteiger partial charge in [0.25, 0.3) is 0 Å². The van der Waals surface area contributed by atoms with Gasteiger partial charge in [0.2, 0.25) is 5.91 Å². The van der Waals surface area contributed by atoms with Crippen molar-refractivity contribution in [3.8, 4) is 0 Å². The van der Waals surface area contributed by atoms with E-state index in [-0.39, 0.29) is 30.6 Å². The fourth-order valence-corrected chi connectivity index (χ4v) is 1.78. The molecule has 3 N–H and O–H groups in total. The average Bonchev–Trinajstić information content (AvgIpc) is 2.35. The fraction of sp³-hybridized carbons (Fsp3) is 0.833. The Hall–Kier alpha value is -0.875. The maximum atomic E-state index is 11.6. The Morgan fingerprint density at radius 2 is 2.06 bits per heavy atom. The number of nitrogens with one attached hydrogen (secondary N) is 1. The van der Waals surface area contributed by atoms with Crippen molar-refractivity contribution in [2.24, 2.45) is 5.73 Å². The normalized spacial score (nSPS) is 12.2. The number of carbonyl (C=O) groups excluding carboxylic acids is 2. The summed E-state index contributed by atoms with van der Waals surface area (Å²) >= 11 is 0. The Kier molecular flexibility index (Phi) is 9.59. The molecule has 0 bridgehead atoms. The highest BCUT2D eigenvalue weighted by Gasteiger charge is 2.17. The number of nitrogens with two attached hydrogens (primary N) is 1. The van der Waals surface area contributed by atoms with Gasteiger partial charge in [-0.1, -0.05) is 6.42 Å². The summed E-state index contributed by atoms with van der Waals surface area (Å²) in [6.45, 7) is 2.79. The molecule has 2 radical (unpaired) electrons. The predicted molar refractivity (Wildman–Crippen MR) is 73.6 cm³/mol. The largest absolute Gasteiger partial charge is 0.334 e. The van der Waals surface area contributed by atoms with Gasteiger partial charge in [-0.2, -0.15) is 0 Å². The number of nitrogens with zero attached hydrogens (tertiary/aromatic N) is 1. The monoisotopic (exact) mass is 253 g/mol. The van der Waals surface area contributed by atoms with Crippen molar-refractivity contribution in [3.05, 3.63) is 0 Å². The molecule has 102 valence electrons. The smallest absolute Gasteiger partial charge is 0.214 e. The third-order valence-electron chi connectivity index (χ3n) is 2.80. The van der Waals surface area contributed by atoms with Crippen LogP contribution in [0.4, 0.5) is 0 Å². The molecular weight excluding hydrogens is 229 g/mol. The molecule has 0 aliphatic rings. The standard InChI is InChI=1S/C12H24BN3O2/c1-10(17)8-16(12(18)7-13)9-11(15-2)5-3-4-6-14/h11,15H,3-9,14H2,1-2H3/t11-/m0/s1. The molecule has 6 heteroatoms.